The van der Waals surface area contributed by atoms with Gasteiger partial charge in [0.1, 0.15) is 5.60 Å². The summed E-state index contributed by atoms with van der Waals surface area (Å²) in [5.41, 5.74) is 1.05. The van der Waals surface area contributed by atoms with Gasteiger partial charge in [-0.05, 0) is 38.3 Å². The van der Waals surface area contributed by atoms with Crippen molar-refractivity contribution in [2.45, 2.75) is 45.1 Å². The monoisotopic (exact) mass is 329 g/mol. The minimum absolute atomic E-state index is 0.115. The first-order valence-electron chi connectivity index (χ1n) is 8.26. The van der Waals surface area contributed by atoms with Crippen LogP contribution in [0.4, 0.5) is 0 Å². The molecule has 1 aromatic carbocycles. The highest BCUT2D eigenvalue weighted by Crippen LogP contribution is 2.25. The lowest BCUT2D eigenvalue weighted by molar-refractivity contribution is -0.126. The van der Waals surface area contributed by atoms with Crippen LogP contribution < -0.4 is 5.32 Å². The molecule has 1 amide bonds. The summed E-state index contributed by atoms with van der Waals surface area (Å²) in [7, 11) is 1.79. The first kappa shape index (κ1) is 18.2. The van der Waals surface area contributed by atoms with E-state index in [1.54, 1.807) is 31.0 Å². The van der Waals surface area contributed by atoms with Crippen molar-refractivity contribution in [1.82, 2.24) is 15.1 Å². The standard InChI is InChI=1S/C19H27N3O2/c1-6-14-7-9-15(10-8-14)18(2,3)17(23)20-13-19(4,24)16-11-21-22(5)12-16/h7-12,24H,6,13H2,1-5H3,(H,20,23). The normalized spacial score (nSPS) is 14.2. The summed E-state index contributed by atoms with van der Waals surface area (Å²) in [6.45, 7) is 7.69. The first-order chi connectivity index (χ1) is 11.2. The topological polar surface area (TPSA) is 67.2 Å². The molecule has 1 atom stereocenters. The molecule has 130 valence electrons. The van der Waals surface area contributed by atoms with Crippen LogP contribution in [0.15, 0.2) is 36.7 Å². The molecule has 0 fully saturated rings. The second-order valence-electron chi connectivity index (χ2n) is 7.03. The van der Waals surface area contributed by atoms with Crippen molar-refractivity contribution < 1.29 is 9.90 Å². The fourth-order valence-corrected chi connectivity index (χ4v) is 2.56. The number of amides is 1. The Labute approximate surface area is 143 Å². The predicted molar refractivity (Wildman–Crippen MR) is 94.6 cm³/mol. The summed E-state index contributed by atoms with van der Waals surface area (Å²) in [6, 6.07) is 8.10. The third-order valence-corrected chi connectivity index (χ3v) is 4.57. The molecule has 1 aromatic heterocycles. The molecular weight excluding hydrogens is 302 g/mol. The molecule has 24 heavy (non-hydrogen) atoms. The van der Waals surface area contributed by atoms with Crippen LogP contribution in [0.25, 0.3) is 0 Å². The fraction of sp³-hybridized carbons (Fsp3) is 0.474. The van der Waals surface area contributed by atoms with E-state index in [-0.39, 0.29) is 12.5 Å². The minimum Gasteiger partial charge on any atom is -0.383 e. The Morgan fingerprint density at radius 2 is 1.83 bits per heavy atom. The number of carbonyl (C=O) groups is 1. The molecular formula is C19H27N3O2. The number of carbonyl (C=O) groups excluding carboxylic acids is 1. The molecule has 0 aliphatic rings. The Kier molecular flexibility index (Phi) is 5.13. The van der Waals surface area contributed by atoms with E-state index >= 15 is 0 Å². The van der Waals surface area contributed by atoms with Crippen LogP contribution in [0.5, 0.6) is 0 Å². The number of aromatic nitrogens is 2. The Hall–Kier alpha value is -2.14. The molecule has 5 nitrogen and oxygen atoms in total. The Morgan fingerprint density at radius 1 is 1.21 bits per heavy atom. The highest BCUT2D eigenvalue weighted by molar-refractivity contribution is 5.87. The van der Waals surface area contributed by atoms with E-state index in [4.69, 9.17) is 0 Å². The lowest BCUT2D eigenvalue weighted by Crippen LogP contribution is -2.45. The molecule has 1 heterocycles. The minimum atomic E-state index is -1.16. The van der Waals surface area contributed by atoms with Crippen molar-refractivity contribution in [2.75, 3.05) is 6.54 Å². The number of nitrogens with zero attached hydrogens (tertiary/aromatic N) is 2. The summed E-state index contributed by atoms with van der Waals surface area (Å²) >= 11 is 0. The van der Waals surface area contributed by atoms with Gasteiger partial charge in [0.15, 0.2) is 0 Å². The van der Waals surface area contributed by atoms with Gasteiger partial charge in [-0.2, -0.15) is 5.10 Å². The molecule has 2 rings (SSSR count). The van der Waals surface area contributed by atoms with Crippen molar-refractivity contribution in [3.05, 3.63) is 53.3 Å². The number of hydrogen-bond acceptors (Lipinski definition) is 3. The number of aryl methyl sites for hydroxylation is 2. The molecule has 0 bridgehead atoms. The van der Waals surface area contributed by atoms with Gasteiger partial charge < -0.3 is 10.4 Å². The van der Waals surface area contributed by atoms with Gasteiger partial charge in [0.05, 0.1) is 18.2 Å². The van der Waals surface area contributed by atoms with E-state index in [1.807, 2.05) is 26.0 Å². The Bertz CT molecular complexity index is 700. The summed E-state index contributed by atoms with van der Waals surface area (Å²) in [5, 5.41) is 17.5. The van der Waals surface area contributed by atoms with E-state index in [2.05, 4.69) is 29.5 Å². The van der Waals surface area contributed by atoms with Gasteiger partial charge in [-0.1, -0.05) is 31.2 Å². The summed E-state index contributed by atoms with van der Waals surface area (Å²) in [4.78, 5) is 12.7. The molecule has 0 aliphatic heterocycles. The molecule has 1 unspecified atom stereocenters. The molecule has 5 heteroatoms. The maximum Gasteiger partial charge on any atom is 0.230 e. The summed E-state index contributed by atoms with van der Waals surface area (Å²) in [6.07, 6.45) is 4.34. The maximum absolute atomic E-state index is 12.7. The van der Waals surface area contributed by atoms with E-state index in [0.29, 0.717) is 5.56 Å². The van der Waals surface area contributed by atoms with Gasteiger partial charge in [0.25, 0.3) is 0 Å². The number of nitrogens with one attached hydrogen (secondary N) is 1. The van der Waals surface area contributed by atoms with E-state index in [0.717, 1.165) is 12.0 Å². The summed E-state index contributed by atoms with van der Waals surface area (Å²) in [5.74, 6) is -0.115. The highest BCUT2D eigenvalue weighted by atomic mass is 16.3. The first-order valence-corrected chi connectivity index (χ1v) is 8.26. The lowest BCUT2D eigenvalue weighted by Gasteiger charge is -2.28. The second-order valence-corrected chi connectivity index (χ2v) is 7.03. The van der Waals surface area contributed by atoms with Gasteiger partial charge in [-0.15, -0.1) is 0 Å². The third kappa shape index (κ3) is 3.85. The quantitative estimate of drug-likeness (QED) is 0.854. The van der Waals surface area contributed by atoms with E-state index in [9.17, 15) is 9.90 Å². The van der Waals surface area contributed by atoms with Crippen LogP contribution in [0.2, 0.25) is 0 Å². The zero-order chi connectivity index (χ0) is 18.0. The predicted octanol–water partition coefficient (Wildman–Crippen LogP) is 2.28. The van der Waals surface area contributed by atoms with Crippen LogP contribution in [-0.2, 0) is 29.3 Å². The van der Waals surface area contributed by atoms with Crippen molar-refractivity contribution in [3.8, 4) is 0 Å². The average molecular weight is 329 g/mol. The molecule has 2 aromatic rings. The zero-order valence-electron chi connectivity index (χ0n) is 15.1. The third-order valence-electron chi connectivity index (χ3n) is 4.57. The maximum atomic E-state index is 12.7. The summed E-state index contributed by atoms with van der Waals surface area (Å²) < 4.78 is 1.63. The number of benzene rings is 1. The Balaban J connectivity index is 2.07. The van der Waals surface area contributed by atoms with Crippen LogP contribution >= 0.6 is 0 Å². The number of hydrogen-bond donors (Lipinski definition) is 2. The highest BCUT2D eigenvalue weighted by Gasteiger charge is 2.32. The van der Waals surface area contributed by atoms with E-state index in [1.165, 1.54) is 5.56 Å². The SMILES string of the molecule is CCc1ccc(C(C)(C)C(=O)NCC(C)(O)c2cnn(C)c2)cc1. The Morgan fingerprint density at radius 3 is 2.33 bits per heavy atom. The van der Waals surface area contributed by atoms with Gasteiger partial charge in [0.2, 0.25) is 5.91 Å². The van der Waals surface area contributed by atoms with Crippen molar-refractivity contribution in [3.63, 3.8) is 0 Å². The smallest absolute Gasteiger partial charge is 0.230 e. The average Bonchev–Trinajstić information content (AvgIpc) is 3.00. The molecule has 0 aliphatic carbocycles. The molecule has 0 saturated carbocycles. The van der Waals surface area contributed by atoms with Crippen molar-refractivity contribution >= 4 is 5.91 Å². The van der Waals surface area contributed by atoms with Gasteiger partial charge in [-0.3, -0.25) is 9.48 Å². The van der Waals surface area contributed by atoms with Crippen LogP contribution in [-0.4, -0.2) is 27.3 Å². The fourth-order valence-electron chi connectivity index (χ4n) is 2.56. The van der Waals surface area contributed by atoms with Gasteiger partial charge >= 0.3 is 0 Å². The molecule has 0 saturated heterocycles. The van der Waals surface area contributed by atoms with Crippen LogP contribution in [0.1, 0.15) is 44.4 Å². The van der Waals surface area contributed by atoms with Gasteiger partial charge in [0, 0.05) is 18.8 Å². The van der Waals surface area contributed by atoms with Crippen molar-refractivity contribution in [2.24, 2.45) is 7.05 Å². The zero-order valence-corrected chi connectivity index (χ0v) is 15.1. The second kappa shape index (κ2) is 6.77. The van der Waals surface area contributed by atoms with Crippen molar-refractivity contribution in [1.29, 1.82) is 0 Å². The largest absolute Gasteiger partial charge is 0.383 e. The lowest BCUT2D eigenvalue weighted by atomic mass is 9.83. The molecule has 2 N–H and O–H groups in total. The van der Waals surface area contributed by atoms with Crippen LogP contribution in [0.3, 0.4) is 0 Å². The number of aliphatic hydroxyl groups is 1. The molecule has 0 spiro atoms. The molecule has 0 radical (unpaired) electrons. The number of rotatable bonds is 6. The van der Waals surface area contributed by atoms with Gasteiger partial charge in [-0.25, -0.2) is 0 Å². The van der Waals surface area contributed by atoms with E-state index < -0.39 is 11.0 Å². The van der Waals surface area contributed by atoms with Crippen LogP contribution in [0, 0.1) is 0 Å².